The lowest BCUT2D eigenvalue weighted by Gasteiger charge is -2.10. The van der Waals surface area contributed by atoms with E-state index >= 15 is 0 Å². The van der Waals surface area contributed by atoms with Gasteiger partial charge >= 0.3 is 0 Å². The van der Waals surface area contributed by atoms with Crippen LogP contribution < -0.4 is 5.73 Å². The van der Waals surface area contributed by atoms with Crippen LogP contribution in [0.5, 0.6) is 0 Å². The molecular weight excluding hydrogens is 118 g/mol. The summed E-state index contributed by atoms with van der Waals surface area (Å²) in [5.74, 6) is -2.83. The van der Waals surface area contributed by atoms with Crippen LogP contribution in [0.1, 0.15) is 6.92 Å². The van der Waals surface area contributed by atoms with Gasteiger partial charge in [0.05, 0.1) is 0 Å². The van der Waals surface area contributed by atoms with Crippen molar-refractivity contribution in [1.29, 1.82) is 0 Å². The van der Waals surface area contributed by atoms with E-state index < -0.39 is 12.2 Å². The summed E-state index contributed by atoms with van der Waals surface area (Å²) in [6.07, 6.45) is -3.09. The van der Waals surface area contributed by atoms with Crippen LogP contribution in [0.2, 0.25) is 0 Å². The quantitative estimate of drug-likeness (QED) is 0.400. The highest BCUT2D eigenvalue weighted by Gasteiger charge is 2.28. The van der Waals surface area contributed by atoms with Crippen molar-refractivity contribution in [2.24, 2.45) is 5.73 Å². The Morgan fingerprint density at radius 3 is 1.62 bits per heavy atom. The molecule has 1 nitrogen and oxygen atoms in total. The van der Waals surface area contributed by atoms with Crippen LogP contribution in [0.4, 0.5) is 13.2 Å². The van der Waals surface area contributed by atoms with Gasteiger partial charge in [-0.05, 0) is 6.92 Å². The van der Waals surface area contributed by atoms with Gasteiger partial charge in [0, 0.05) is 8.41 Å². The predicted molar refractivity (Wildman–Crippen MR) is 25.5 cm³/mol. The lowest BCUT2D eigenvalue weighted by molar-refractivity contribution is -0.0176. The van der Waals surface area contributed by atoms with Crippen molar-refractivity contribution >= 4 is 8.41 Å². The number of hydrogen-bond acceptors (Lipinski definition) is 1. The van der Waals surface area contributed by atoms with Crippen molar-refractivity contribution in [2.45, 2.75) is 19.1 Å². The first kappa shape index (κ1) is 10.7. The van der Waals surface area contributed by atoms with Crippen molar-refractivity contribution in [3.8, 4) is 0 Å². The molecule has 0 fully saturated rings. The van der Waals surface area contributed by atoms with Gasteiger partial charge in [0.25, 0.3) is 6.43 Å². The van der Waals surface area contributed by atoms with Crippen LogP contribution in [0.25, 0.3) is 0 Å². The van der Waals surface area contributed by atoms with Gasteiger partial charge in [0.15, 0.2) is 0 Å². The Morgan fingerprint density at radius 1 is 1.50 bits per heavy atom. The van der Waals surface area contributed by atoms with E-state index in [4.69, 9.17) is 0 Å². The number of hydrogen-bond donors (Lipinski definition) is 1. The van der Waals surface area contributed by atoms with Gasteiger partial charge in [-0.2, -0.15) is 0 Å². The van der Waals surface area contributed by atoms with Crippen LogP contribution in [0, 0.1) is 0 Å². The predicted octanol–water partition coefficient (Wildman–Crippen LogP) is 0.515. The van der Waals surface area contributed by atoms with E-state index in [9.17, 15) is 13.2 Å². The highest BCUT2D eigenvalue weighted by atomic mass is 19.3. The molecule has 0 saturated heterocycles. The normalized spacial score (nSPS) is 17.2. The molecule has 3 radical (unpaired) electrons. The average molecular weight is 124 g/mol. The molecule has 47 valence electrons. The molecule has 0 aromatic heterocycles. The summed E-state index contributed by atoms with van der Waals surface area (Å²) < 4.78 is 33.6. The Morgan fingerprint density at radius 2 is 1.62 bits per heavy atom. The van der Waals surface area contributed by atoms with Crippen molar-refractivity contribution in [3.05, 3.63) is 0 Å². The molecule has 1 unspecified atom stereocenters. The maximum absolute atomic E-state index is 11.5. The van der Waals surface area contributed by atoms with Gasteiger partial charge in [-0.3, -0.25) is 5.73 Å². The minimum atomic E-state index is -3.09. The average Bonchev–Trinajstić information content (AvgIpc) is 1.31. The van der Waals surface area contributed by atoms with Crippen LogP contribution in [-0.4, -0.2) is 20.6 Å². The summed E-state index contributed by atoms with van der Waals surface area (Å²) in [6.45, 7) is 0.623. The second-order valence-electron chi connectivity index (χ2n) is 1.45. The molecule has 0 aliphatic heterocycles. The van der Waals surface area contributed by atoms with Crippen molar-refractivity contribution in [2.75, 3.05) is 0 Å². The van der Waals surface area contributed by atoms with E-state index in [0.717, 1.165) is 0 Å². The summed E-state index contributed by atoms with van der Waals surface area (Å²) in [5.41, 5.74) is 4.26. The van der Waals surface area contributed by atoms with E-state index in [2.05, 4.69) is 5.73 Å². The van der Waals surface area contributed by atoms with Crippen molar-refractivity contribution in [3.63, 3.8) is 0 Å². The van der Waals surface area contributed by atoms with Crippen LogP contribution in [0.3, 0.4) is 0 Å². The van der Waals surface area contributed by atoms with Gasteiger partial charge in [0.1, 0.15) is 0 Å². The van der Waals surface area contributed by atoms with E-state index in [1.54, 1.807) is 0 Å². The number of nitrogens with two attached hydrogens (primary N) is 1. The third-order valence-corrected chi connectivity index (χ3v) is 0.427. The first-order valence-corrected chi connectivity index (χ1v) is 1.70. The monoisotopic (exact) mass is 124 g/mol. The zero-order valence-corrected chi connectivity index (χ0v) is 4.37. The van der Waals surface area contributed by atoms with Crippen LogP contribution in [-0.2, 0) is 0 Å². The van der Waals surface area contributed by atoms with Gasteiger partial charge in [-0.15, -0.1) is 0 Å². The molecular formula is C3H6BF3N. The number of halogens is 3. The molecule has 0 aliphatic carbocycles. The fourth-order valence-corrected chi connectivity index (χ4v) is 0. The zero-order chi connectivity index (χ0) is 6.08. The van der Waals surface area contributed by atoms with Gasteiger partial charge < -0.3 is 0 Å². The highest BCUT2D eigenvalue weighted by molar-refractivity contribution is 5.75. The fourth-order valence-electron chi connectivity index (χ4n) is 0. The Labute approximate surface area is 47.6 Å². The molecule has 1 atom stereocenters. The van der Waals surface area contributed by atoms with Crippen molar-refractivity contribution in [1.82, 2.24) is 0 Å². The topological polar surface area (TPSA) is 26.0 Å². The molecule has 0 saturated carbocycles. The van der Waals surface area contributed by atoms with Crippen LogP contribution in [0.15, 0.2) is 0 Å². The van der Waals surface area contributed by atoms with E-state index in [0.29, 0.717) is 6.92 Å². The highest BCUT2D eigenvalue weighted by Crippen LogP contribution is 2.11. The fraction of sp³-hybridized carbons (Fsp3) is 1.00. The largest absolute Gasteiger partial charge is 0.295 e. The van der Waals surface area contributed by atoms with E-state index in [1.807, 2.05) is 0 Å². The minimum absolute atomic E-state index is 0. The Balaban J connectivity index is 0. The van der Waals surface area contributed by atoms with Gasteiger partial charge in [-0.25, -0.2) is 13.2 Å². The summed E-state index contributed by atoms with van der Waals surface area (Å²) in [5, 5.41) is 0. The molecule has 0 amide bonds. The lowest BCUT2D eigenvalue weighted by atomic mass is 10.3. The van der Waals surface area contributed by atoms with Crippen molar-refractivity contribution < 1.29 is 13.2 Å². The lowest BCUT2D eigenvalue weighted by Crippen LogP contribution is -2.38. The molecule has 0 aliphatic rings. The summed E-state index contributed by atoms with van der Waals surface area (Å²) >= 11 is 0. The Hall–Kier alpha value is -0.185. The van der Waals surface area contributed by atoms with E-state index in [-0.39, 0.29) is 8.41 Å². The zero-order valence-electron chi connectivity index (χ0n) is 4.37. The van der Waals surface area contributed by atoms with Crippen LogP contribution >= 0.6 is 0 Å². The molecule has 5 heteroatoms. The number of rotatable bonds is 1. The van der Waals surface area contributed by atoms with Gasteiger partial charge in [-0.1, -0.05) is 0 Å². The third-order valence-electron chi connectivity index (χ3n) is 0.427. The van der Waals surface area contributed by atoms with E-state index in [1.165, 1.54) is 0 Å². The maximum atomic E-state index is 11.5. The first-order chi connectivity index (χ1) is 2.94. The standard InChI is InChI=1S/C3H6F3N.B/c1-3(6,7)2(4)5;/h2H,7H2,1H3;. The summed E-state index contributed by atoms with van der Waals surface area (Å²) in [7, 11) is 0. The Kier molecular flexibility index (Phi) is 3.98. The first-order valence-electron chi connectivity index (χ1n) is 1.70. The third kappa shape index (κ3) is 3.99. The molecule has 0 bridgehead atoms. The molecule has 0 aromatic rings. The Bertz CT molecular complexity index is 60.0. The summed E-state index contributed by atoms with van der Waals surface area (Å²) in [6, 6.07) is 0. The molecule has 0 aromatic carbocycles. The molecule has 0 heterocycles. The SMILES string of the molecule is CC(N)(F)C(F)F.[B]. The number of alkyl halides is 3. The molecule has 2 N–H and O–H groups in total. The second-order valence-corrected chi connectivity index (χ2v) is 1.45. The summed E-state index contributed by atoms with van der Waals surface area (Å²) in [4.78, 5) is 0. The second kappa shape index (κ2) is 2.97. The minimum Gasteiger partial charge on any atom is -0.295 e. The smallest absolute Gasteiger partial charge is 0.284 e. The maximum Gasteiger partial charge on any atom is 0.284 e. The molecule has 0 rings (SSSR count). The van der Waals surface area contributed by atoms with Gasteiger partial charge in [0.2, 0.25) is 5.79 Å². The molecule has 0 spiro atoms. The molecule has 8 heavy (non-hydrogen) atoms.